The first kappa shape index (κ1) is 15.7. The molecular formula is C17H22N2O4. The molecule has 0 spiro atoms. The fraction of sp³-hybridized carbons (Fsp3) is 0.471. The molecule has 1 aliphatic heterocycles. The van der Waals surface area contributed by atoms with E-state index in [9.17, 15) is 5.11 Å². The van der Waals surface area contributed by atoms with Gasteiger partial charge in [0.1, 0.15) is 0 Å². The van der Waals surface area contributed by atoms with E-state index in [1.165, 1.54) is 14.2 Å². The Morgan fingerprint density at radius 1 is 1.26 bits per heavy atom. The molecule has 0 saturated carbocycles. The predicted molar refractivity (Wildman–Crippen MR) is 84.8 cm³/mol. The second-order valence-corrected chi connectivity index (χ2v) is 5.85. The van der Waals surface area contributed by atoms with Gasteiger partial charge in [-0.1, -0.05) is 5.16 Å². The maximum atomic E-state index is 10.0. The second-order valence-electron chi connectivity index (χ2n) is 5.85. The molecule has 0 bridgehead atoms. The van der Waals surface area contributed by atoms with Gasteiger partial charge < -0.3 is 19.1 Å². The lowest BCUT2D eigenvalue weighted by Gasteiger charge is -2.23. The summed E-state index contributed by atoms with van der Waals surface area (Å²) in [5.41, 5.74) is 1.93. The Kier molecular flexibility index (Phi) is 4.43. The van der Waals surface area contributed by atoms with Gasteiger partial charge in [0, 0.05) is 12.6 Å². The fourth-order valence-electron chi connectivity index (χ4n) is 3.15. The lowest BCUT2D eigenvalue weighted by Crippen LogP contribution is -2.22. The zero-order valence-electron chi connectivity index (χ0n) is 13.7. The van der Waals surface area contributed by atoms with Gasteiger partial charge in [0.25, 0.3) is 0 Å². The van der Waals surface area contributed by atoms with Crippen LogP contribution < -0.4 is 9.47 Å². The van der Waals surface area contributed by atoms with Crippen molar-refractivity contribution in [2.24, 2.45) is 0 Å². The first-order valence-electron chi connectivity index (χ1n) is 7.73. The van der Waals surface area contributed by atoms with Crippen molar-refractivity contribution in [3.63, 3.8) is 0 Å². The number of hydrogen-bond donors (Lipinski definition) is 1. The summed E-state index contributed by atoms with van der Waals surface area (Å²) in [5.74, 6) is 1.79. The molecule has 1 saturated heterocycles. The van der Waals surface area contributed by atoms with Gasteiger partial charge in [0.15, 0.2) is 17.3 Å². The summed E-state index contributed by atoms with van der Waals surface area (Å²) in [6, 6.07) is 5.93. The number of likely N-dealkylation sites (tertiary alicyclic amines) is 1. The topological polar surface area (TPSA) is 68.0 Å². The van der Waals surface area contributed by atoms with Gasteiger partial charge in [0.05, 0.1) is 26.0 Å². The lowest BCUT2D eigenvalue weighted by atomic mass is 10.1. The molecule has 6 heteroatoms. The molecule has 2 heterocycles. The molecule has 1 aromatic heterocycles. The third-order valence-electron chi connectivity index (χ3n) is 4.26. The number of aromatic nitrogens is 1. The van der Waals surface area contributed by atoms with Crippen LogP contribution in [-0.2, 0) is 6.54 Å². The minimum absolute atomic E-state index is 0.0302. The zero-order chi connectivity index (χ0) is 16.4. The van der Waals surface area contributed by atoms with E-state index in [1.807, 2.05) is 25.1 Å². The number of benzene rings is 1. The van der Waals surface area contributed by atoms with Gasteiger partial charge in [0.2, 0.25) is 5.75 Å². The Morgan fingerprint density at radius 3 is 2.52 bits per heavy atom. The van der Waals surface area contributed by atoms with E-state index in [-0.39, 0.29) is 11.8 Å². The van der Waals surface area contributed by atoms with Gasteiger partial charge in [-0.15, -0.1) is 0 Å². The van der Waals surface area contributed by atoms with Crippen molar-refractivity contribution in [3.8, 4) is 17.2 Å². The third-order valence-corrected chi connectivity index (χ3v) is 4.26. The van der Waals surface area contributed by atoms with Crippen molar-refractivity contribution >= 4 is 0 Å². The summed E-state index contributed by atoms with van der Waals surface area (Å²) >= 11 is 0. The van der Waals surface area contributed by atoms with Crippen molar-refractivity contribution in [1.29, 1.82) is 0 Å². The third kappa shape index (κ3) is 3.12. The molecule has 0 aliphatic carbocycles. The fourth-order valence-corrected chi connectivity index (χ4v) is 3.15. The van der Waals surface area contributed by atoms with E-state index in [0.29, 0.717) is 11.5 Å². The van der Waals surface area contributed by atoms with E-state index in [2.05, 4.69) is 10.1 Å². The monoisotopic (exact) mass is 318 g/mol. The summed E-state index contributed by atoms with van der Waals surface area (Å²) in [6.07, 6.45) is 2.18. The van der Waals surface area contributed by atoms with Crippen molar-refractivity contribution in [3.05, 3.63) is 35.2 Å². The van der Waals surface area contributed by atoms with Crippen molar-refractivity contribution in [1.82, 2.24) is 10.1 Å². The molecule has 1 atom stereocenters. The number of aryl methyl sites for hydroxylation is 1. The molecule has 124 valence electrons. The van der Waals surface area contributed by atoms with Crippen LogP contribution in [0.2, 0.25) is 0 Å². The smallest absolute Gasteiger partial charge is 0.200 e. The summed E-state index contributed by atoms with van der Waals surface area (Å²) in [6.45, 7) is 3.66. The normalized spacial score (nSPS) is 18.3. The molecule has 6 nitrogen and oxygen atoms in total. The highest BCUT2D eigenvalue weighted by Gasteiger charge is 2.29. The van der Waals surface area contributed by atoms with E-state index < -0.39 is 0 Å². The van der Waals surface area contributed by atoms with Crippen LogP contribution in [0.3, 0.4) is 0 Å². The minimum Gasteiger partial charge on any atom is -0.502 e. The van der Waals surface area contributed by atoms with Gasteiger partial charge in [-0.05, 0) is 44.0 Å². The first-order valence-corrected chi connectivity index (χ1v) is 7.73. The number of aromatic hydroxyl groups is 1. The van der Waals surface area contributed by atoms with Crippen molar-refractivity contribution in [2.75, 3.05) is 20.8 Å². The number of phenols is 1. The van der Waals surface area contributed by atoms with Crippen LogP contribution in [0.25, 0.3) is 0 Å². The van der Waals surface area contributed by atoms with Crippen LogP contribution in [0, 0.1) is 6.92 Å². The molecular weight excluding hydrogens is 296 g/mol. The summed E-state index contributed by atoms with van der Waals surface area (Å²) in [5, 5.41) is 14.0. The molecule has 0 radical (unpaired) electrons. The molecule has 1 N–H and O–H groups in total. The lowest BCUT2D eigenvalue weighted by molar-refractivity contribution is 0.206. The highest BCUT2D eigenvalue weighted by atomic mass is 16.5. The molecule has 23 heavy (non-hydrogen) atoms. The molecule has 0 amide bonds. The van der Waals surface area contributed by atoms with Crippen LogP contribution in [0.15, 0.2) is 22.7 Å². The van der Waals surface area contributed by atoms with Crippen LogP contribution in [0.4, 0.5) is 0 Å². The minimum atomic E-state index is 0.0302. The second kappa shape index (κ2) is 6.50. The highest BCUT2D eigenvalue weighted by molar-refractivity contribution is 5.52. The van der Waals surface area contributed by atoms with Crippen molar-refractivity contribution < 1.29 is 19.1 Å². The maximum Gasteiger partial charge on any atom is 0.200 e. The van der Waals surface area contributed by atoms with Crippen molar-refractivity contribution in [2.45, 2.75) is 32.4 Å². The van der Waals surface area contributed by atoms with Crippen LogP contribution in [0.1, 0.15) is 35.9 Å². The average molecular weight is 318 g/mol. The average Bonchev–Trinajstić information content (AvgIpc) is 3.17. The first-order chi connectivity index (χ1) is 11.1. The number of hydrogen-bond acceptors (Lipinski definition) is 6. The number of phenolic OH excluding ortho intramolecular Hbond substituents is 1. The quantitative estimate of drug-likeness (QED) is 0.914. The molecule has 1 aliphatic rings. The Bertz CT molecular complexity index is 658. The largest absolute Gasteiger partial charge is 0.502 e. The molecule has 0 unspecified atom stereocenters. The highest BCUT2D eigenvalue weighted by Crippen LogP contribution is 2.39. The standard InChI is InChI=1S/C17H22N2O4/c1-11-7-14(23-18-11)13-5-4-6-19(13)10-12-8-15(21-2)17(20)16(9-12)22-3/h7-9,13,20H,4-6,10H2,1-3H3/t13-/m0/s1. The van der Waals surface area contributed by atoms with Crippen LogP contribution in [0.5, 0.6) is 17.2 Å². The van der Waals surface area contributed by atoms with E-state index in [0.717, 1.165) is 42.9 Å². The van der Waals surface area contributed by atoms with Crippen LogP contribution in [-0.4, -0.2) is 35.9 Å². The number of ether oxygens (including phenoxy) is 2. The van der Waals surface area contributed by atoms with Gasteiger partial charge in [-0.2, -0.15) is 0 Å². The van der Waals surface area contributed by atoms with Gasteiger partial charge in [-0.25, -0.2) is 0 Å². The maximum absolute atomic E-state index is 10.0. The summed E-state index contributed by atoms with van der Waals surface area (Å²) in [7, 11) is 3.07. The Balaban J connectivity index is 1.83. The van der Waals surface area contributed by atoms with Crippen LogP contribution >= 0.6 is 0 Å². The Hall–Kier alpha value is -2.21. The number of nitrogens with zero attached hydrogens (tertiary/aromatic N) is 2. The summed E-state index contributed by atoms with van der Waals surface area (Å²) in [4.78, 5) is 2.35. The zero-order valence-corrected chi connectivity index (χ0v) is 13.7. The predicted octanol–water partition coefficient (Wildman–Crippen LogP) is 3.04. The molecule has 3 rings (SSSR count). The summed E-state index contributed by atoms with van der Waals surface area (Å²) < 4.78 is 15.9. The van der Waals surface area contributed by atoms with E-state index >= 15 is 0 Å². The molecule has 2 aromatic rings. The Morgan fingerprint density at radius 2 is 1.96 bits per heavy atom. The molecule has 1 fully saturated rings. The SMILES string of the molecule is COc1cc(CN2CCC[C@H]2c2cc(C)no2)cc(OC)c1O. The van der Waals surface area contributed by atoms with Gasteiger partial charge >= 0.3 is 0 Å². The Labute approximate surface area is 135 Å². The number of methoxy groups -OCH3 is 2. The van der Waals surface area contributed by atoms with E-state index in [4.69, 9.17) is 14.0 Å². The van der Waals surface area contributed by atoms with E-state index in [1.54, 1.807) is 0 Å². The number of rotatable bonds is 5. The van der Waals surface area contributed by atoms with Gasteiger partial charge in [-0.3, -0.25) is 4.90 Å². The molecule has 1 aromatic carbocycles.